The normalized spacial score (nSPS) is 14.2. The lowest BCUT2D eigenvalue weighted by atomic mass is 9.98. The van der Waals surface area contributed by atoms with Crippen molar-refractivity contribution in [2.24, 2.45) is 5.16 Å². The summed E-state index contributed by atoms with van der Waals surface area (Å²) in [6.45, 7) is 3.33. The van der Waals surface area contributed by atoms with Gasteiger partial charge in [0, 0.05) is 5.02 Å². The summed E-state index contributed by atoms with van der Waals surface area (Å²) in [6, 6.07) is 4.64. The number of amides is 1. The Balaban J connectivity index is 2.06. The first kappa shape index (κ1) is 16.3. The highest BCUT2D eigenvalue weighted by molar-refractivity contribution is 6.35. The maximum atomic E-state index is 11.7. The number of nitrogens with one attached hydrogen (secondary N) is 1. The van der Waals surface area contributed by atoms with Gasteiger partial charge in [-0.1, -0.05) is 28.4 Å². The fourth-order valence-corrected chi connectivity index (χ4v) is 2.14. The number of hydrogen-bond acceptors (Lipinski definition) is 4. The minimum atomic E-state index is -0.814. The second kappa shape index (κ2) is 6.77. The molecule has 0 bridgehead atoms. The summed E-state index contributed by atoms with van der Waals surface area (Å²) in [4.78, 5) is 28.0. The number of anilines is 1. The molecule has 114 valence electrons. The first-order valence-corrected chi connectivity index (χ1v) is 7.05. The minimum Gasteiger partial charge on any atom is -0.297 e. The van der Waals surface area contributed by atoms with Crippen LogP contribution >= 0.6 is 23.2 Å². The Labute approximate surface area is 137 Å². The van der Waals surface area contributed by atoms with Crippen molar-refractivity contribution in [3.63, 3.8) is 0 Å². The summed E-state index contributed by atoms with van der Waals surface area (Å²) in [5.41, 5.74) is 1.75. The molecule has 0 fully saturated rings. The van der Waals surface area contributed by atoms with Gasteiger partial charge in [-0.2, -0.15) is 0 Å². The van der Waals surface area contributed by atoms with E-state index in [0.717, 1.165) is 0 Å². The molecule has 7 heteroatoms. The summed E-state index contributed by atoms with van der Waals surface area (Å²) in [5.74, 6) is -0.0610. The van der Waals surface area contributed by atoms with Gasteiger partial charge >= 0.3 is 6.09 Å². The predicted octanol–water partition coefficient (Wildman–Crippen LogP) is 4.37. The third-order valence-corrected chi connectivity index (χ3v) is 3.41. The molecule has 0 spiro atoms. The average Bonchev–Trinajstić information content (AvgIpc) is 2.46. The van der Waals surface area contributed by atoms with Crippen molar-refractivity contribution < 1.29 is 14.4 Å². The molecule has 1 aromatic carbocycles. The van der Waals surface area contributed by atoms with Crippen molar-refractivity contribution in [1.29, 1.82) is 0 Å². The SMILES string of the molecule is CC1=CC(=NOC(=O)Nc2cc(Cl)ccc2Cl)C=C(C)C1=O. The van der Waals surface area contributed by atoms with E-state index in [-0.39, 0.29) is 5.78 Å². The predicted molar refractivity (Wildman–Crippen MR) is 86.5 cm³/mol. The molecule has 1 amide bonds. The lowest BCUT2D eigenvalue weighted by Crippen LogP contribution is -2.14. The van der Waals surface area contributed by atoms with Crippen molar-refractivity contribution in [2.45, 2.75) is 13.8 Å². The second-order valence-corrected chi connectivity index (χ2v) is 5.47. The summed E-state index contributed by atoms with van der Waals surface area (Å²) < 4.78 is 0. The number of allylic oxidation sites excluding steroid dienone is 4. The molecule has 0 aromatic heterocycles. The van der Waals surface area contributed by atoms with Crippen molar-refractivity contribution >= 4 is 46.5 Å². The van der Waals surface area contributed by atoms with Crippen molar-refractivity contribution in [3.05, 3.63) is 51.5 Å². The number of nitrogens with zero attached hydrogens (tertiary/aromatic N) is 1. The van der Waals surface area contributed by atoms with E-state index in [1.165, 1.54) is 18.2 Å². The number of ketones is 1. The molecule has 0 aliphatic heterocycles. The van der Waals surface area contributed by atoms with Crippen LogP contribution < -0.4 is 5.32 Å². The average molecular weight is 339 g/mol. The zero-order valence-corrected chi connectivity index (χ0v) is 13.3. The Morgan fingerprint density at radius 3 is 2.45 bits per heavy atom. The number of carbonyl (C=O) groups excluding carboxylic acids is 2. The van der Waals surface area contributed by atoms with Crippen LogP contribution in [-0.2, 0) is 9.63 Å². The van der Waals surface area contributed by atoms with Crippen LogP contribution in [0.15, 0.2) is 46.7 Å². The number of Topliss-reactive ketones (excluding diaryl/α,β-unsaturated/α-hetero) is 1. The highest BCUT2D eigenvalue weighted by Gasteiger charge is 2.14. The van der Waals surface area contributed by atoms with E-state index in [4.69, 9.17) is 28.0 Å². The molecule has 5 nitrogen and oxygen atoms in total. The van der Waals surface area contributed by atoms with E-state index in [1.54, 1.807) is 26.0 Å². The Morgan fingerprint density at radius 1 is 1.18 bits per heavy atom. The second-order valence-electron chi connectivity index (χ2n) is 4.63. The van der Waals surface area contributed by atoms with E-state index in [0.29, 0.717) is 32.6 Å². The quantitative estimate of drug-likeness (QED) is 0.494. The van der Waals surface area contributed by atoms with Gasteiger partial charge in [0.15, 0.2) is 5.78 Å². The van der Waals surface area contributed by atoms with Crippen LogP contribution in [0.3, 0.4) is 0 Å². The van der Waals surface area contributed by atoms with Gasteiger partial charge in [0.1, 0.15) is 5.71 Å². The zero-order chi connectivity index (χ0) is 16.3. The van der Waals surface area contributed by atoms with Crippen LogP contribution in [0, 0.1) is 0 Å². The molecular weight excluding hydrogens is 327 g/mol. The molecule has 0 saturated heterocycles. The van der Waals surface area contributed by atoms with Gasteiger partial charge in [-0.15, -0.1) is 0 Å². The maximum Gasteiger partial charge on any atom is 0.437 e. The third kappa shape index (κ3) is 3.96. The van der Waals surface area contributed by atoms with E-state index in [2.05, 4.69) is 10.5 Å². The number of benzene rings is 1. The van der Waals surface area contributed by atoms with Crippen molar-refractivity contribution in [2.75, 3.05) is 5.32 Å². The first-order chi connectivity index (χ1) is 10.4. The largest absolute Gasteiger partial charge is 0.437 e. The van der Waals surface area contributed by atoms with Gasteiger partial charge in [0.25, 0.3) is 0 Å². The van der Waals surface area contributed by atoms with E-state index < -0.39 is 6.09 Å². The highest BCUT2D eigenvalue weighted by atomic mass is 35.5. The lowest BCUT2D eigenvalue weighted by Gasteiger charge is -2.09. The Bertz CT molecular complexity index is 712. The van der Waals surface area contributed by atoms with Crippen molar-refractivity contribution in [1.82, 2.24) is 0 Å². The molecule has 22 heavy (non-hydrogen) atoms. The summed E-state index contributed by atoms with van der Waals surface area (Å²) >= 11 is 11.7. The molecule has 2 rings (SSSR count). The van der Waals surface area contributed by atoms with Gasteiger partial charge < -0.3 is 0 Å². The van der Waals surface area contributed by atoms with Crippen LogP contribution in [0.1, 0.15) is 13.8 Å². The number of oxime groups is 1. The smallest absolute Gasteiger partial charge is 0.297 e. The molecule has 0 saturated carbocycles. The molecule has 0 unspecified atom stereocenters. The first-order valence-electron chi connectivity index (χ1n) is 6.29. The van der Waals surface area contributed by atoms with Gasteiger partial charge in [-0.05, 0) is 55.3 Å². The molecule has 1 aromatic rings. The molecule has 0 radical (unpaired) electrons. The third-order valence-electron chi connectivity index (χ3n) is 2.84. The topological polar surface area (TPSA) is 67.8 Å². The van der Waals surface area contributed by atoms with Crippen LogP contribution in [-0.4, -0.2) is 17.6 Å². The van der Waals surface area contributed by atoms with E-state index >= 15 is 0 Å². The summed E-state index contributed by atoms with van der Waals surface area (Å²) in [6.07, 6.45) is 2.26. The van der Waals surface area contributed by atoms with Crippen LogP contribution in [0.25, 0.3) is 0 Å². The number of carbonyl (C=O) groups is 2. The van der Waals surface area contributed by atoms with E-state index in [1.807, 2.05) is 0 Å². The monoisotopic (exact) mass is 338 g/mol. The van der Waals surface area contributed by atoms with Gasteiger partial charge in [0.2, 0.25) is 0 Å². The van der Waals surface area contributed by atoms with Crippen LogP contribution in [0.5, 0.6) is 0 Å². The number of hydrogen-bond donors (Lipinski definition) is 1. The minimum absolute atomic E-state index is 0.0610. The Hall–Kier alpha value is -2.11. The Kier molecular flexibility index (Phi) is 5.00. The fourth-order valence-electron chi connectivity index (χ4n) is 1.80. The molecule has 1 aliphatic rings. The molecular formula is C15H12Cl2N2O3. The Morgan fingerprint density at radius 2 is 1.82 bits per heavy atom. The molecule has 0 atom stereocenters. The zero-order valence-electron chi connectivity index (χ0n) is 11.8. The van der Waals surface area contributed by atoms with Gasteiger partial charge in [0.05, 0.1) is 10.7 Å². The fraction of sp³-hybridized carbons (Fsp3) is 0.133. The van der Waals surface area contributed by atoms with Gasteiger partial charge in [-0.3, -0.25) is 14.9 Å². The summed E-state index contributed by atoms with van der Waals surface area (Å²) in [7, 11) is 0. The van der Waals surface area contributed by atoms with Gasteiger partial charge in [-0.25, -0.2) is 4.79 Å². The summed E-state index contributed by atoms with van der Waals surface area (Å²) in [5, 5.41) is 6.87. The molecule has 0 heterocycles. The number of halogens is 2. The van der Waals surface area contributed by atoms with Crippen LogP contribution in [0.4, 0.5) is 10.5 Å². The lowest BCUT2D eigenvalue weighted by molar-refractivity contribution is -0.112. The maximum absolute atomic E-state index is 11.7. The number of rotatable bonds is 2. The van der Waals surface area contributed by atoms with E-state index in [9.17, 15) is 9.59 Å². The van der Waals surface area contributed by atoms with Crippen molar-refractivity contribution in [3.8, 4) is 0 Å². The molecule has 1 N–H and O–H groups in total. The molecule has 1 aliphatic carbocycles. The highest BCUT2D eigenvalue weighted by Crippen LogP contribution is 2.25. The van der Waals surface area contributed by atoms with Crippen LogP contribution in [0.2, 0.25) is 10.0 Å². The standard InChI is InChI=1S/C15H12Cl2N2O3/c1-8-5-11(6-9(2)14(8)20)19-22-15(21)18-13-7-10(16)3-4-12(13)17/h3-7H,1-2H3,(H,18,21).